The zero-order valence-corrected chi connectivity index (χ0v) is 14.8. The number of hydrogen-bond acceptors (Lipinski definition) is 4. The zero-order valence-electron chi connectivity index (χ0n) is 14.8. The van der Waals surface area contributed by atoms with Crippen LogP contribution in [0.4, 0.5) is 0 Å². The summed E-state index contributed by atoms with van der Waals surface area (Å²) in [6.45, 7) is 4.28. The van der Waals surface area contributed by atoms with E-state index in [4.69, 9.17) is 5.41 Å². The summed E-state index contributed by atoms with van der Waals surface area (Å²) >= 11 is 0. The molecule has 0 heterocycles. The molecule has 0 saturated heterocycles. The minimum atomic E-state index is -0.338. The number of carbonyl (C=O) groups is 2. The molecule has 0 radical (unpaired) electrons. The Morgan fingerprint density at radius 3 is 2.54 bits per heavy atom. The first-order chi connectivity index (χ1) is 11.3. The summed E-state index contributed by atoms with van der Waals surface area (Å²) in [6.07, 6.45) is 5.77. The number of aliphatic hydroxyl groups excluding tert-OH is 1. The van der Waals surface area contributed by atoms with Gasteiger partial charge in [-0.2, -0.15) is 0 Å². The van der Waals surface area contributed by atoms with E-state index in [1.807, 2.05) is 0 Å². The molecule has 4 aliphatic rings. The van der Waals surface area contributed by atoms with Crippen molar-refractivity contribution in [3.05, 3.63) is 0 Å². The van der Waals surface area contributed by atoms with Gasteiger partial charge in [-0.25, -0.2) is 0 Å². The number of hydrogen-bond donors (Lipinski definition) is 2. The van der Waals surface area contributed by atoms with Gasteiger partial charge in [0.25, 0.3) is 0 Å². The molecule has 0 bridgehead atoms. The summed E-state index contributed by atoms with van der Waals surface area (Å²) in [7, 11) is 0. The normalized spacial score (nSPS) is 51.1. The number of fused-ring (bicyclic) bond motifs is 5. The van der Waals surface area contributed by atoms with Gasteiger partial charge < -0.3 is 10.5 Å². The molecule has 0 aliphatic heterocycles. The molecular formula is C20H29NO3. The maximum atomic E-state index is 13.3. The Bertz CT molecular complexity index is 614. The lowest BCUT2D eigenvalue weighted by Crippen LogP contribution is -2.61. The maximum absolute atomic E-state index is 13.3. The molecule has 4 rings (SSSR count). The largest absolute Gasteiger partial charge is 0.396 e. The molecule has 4 aliphatic carbocycles. The van der Waals surface area contributed by atoms with Crippen molar-refractivity contribution in [2.45, 2.75) is 58.8 Å². The van der Waals surface area contributed by atoms with Crippen LogP contribution in [0, 0.1) is 45.8 Å². The van der Waals surface area contributed by atoms with Crippen molar-refractivity contribution in [1.29, 1.82) is 5.41 Å². The molecule has 7 atom stereocenters. The standard InChI is InChI=1S/C20H29NO3/c1-19-7-5-11(21)9-15(19)12(10-22)18(24)17-13-3-4-16(23)20(13,2)8-6-14(17)19/h12-15,17,21-22H,3-10H2,1-2H3/t12-,13?,14?,15-,17?,19-,20+/m1/s1. The highest BCUT2D eigenvalue weighted by molar-refractivity contribution is 5.92. The number of nitrogens with one attached hydrogen (secondary N) is 1. The molecule has 0 aromatic carbocycles. The number of rotatable bonds is 1. The molecule has 0 spiro atoms. The second kappa shape index (κ2) is 5.23. The molecule has 4 heteroatoms. The molecule has 0 amide bonds. The van der Waals surface area contributed by atoms with Crippen molar-refractivity contribution in [2.24, 2.45) is 40.4 Å². The van der Waals surface area contributed by atoms with E-state index in [1.54, 1.807) is 0 Å². The van der Waals surface area contributed by atoms with Crippen LogP contribution in [-0.2, 0) is 9.59 Å². The first kappa shape index (κ1) is 16.4. The molecule has 3 unspecified atom stereocenters. The summed E-state index contributed by atoms with van der Waals surface area (Å²) in [6, 6.07) is 0. The van der Waals surface area contributed by atoms with Gasteiger partial charge in [0.05, 0.1) is 6.61 Å². The summed E-state index contributed by atoms with van der Waals surface area (Å²) in [5.41, 5.74) is 0.448. The molecule has 4 fully saturated rings. The molecule has 132 valence electrons. The Morgan fingerprint density at radius 2 is 1.83 bits per heavy atom. The van der Waals surface area contributed by atoms with Gasteiger partial charge in [0.15, 0.2) is 0 Å². The highest BCUT2D eigenvalue weighted by Crippen LogP contribution is 2.65. The zero-order chi connectivity index (χ0) is 17.3. The molecule has 0 aromatic rings. The van der Waals surface area contributed by atoms with Crippen LogP contribution in [-0.4, -0.2) is 29.0 Å². The van der Waals surface area contributed by atoms with Gasteiger partial charge in [-0.15, -0.1) is 0 Å². The first-order valence-electron chi connectivity index (χ1n) is 9.57. The van der Waals surface area contributed by atoms with Gasteiger partial charge in [0, 0.05) is 29.4 Å². The van der Waals surface area contributed by atoms with E-state index in [0.29, 0.717) is 24.5 Å². The SMILES string of the molecule is C[C@]12CCC3C(C(=O)[C@H](CO)[C@H]4CC(=N)CC[C@]34C)C1CCC2=O. The Hall–Kier alpha value is -1.03. The van der Waals surface area contributed by atoms with Crippen LogP contribution in [0.3, 0.4) is 0 Å². The van der Waals surface area contributed by atoms with Crippen molar-refractivity contribution in [1.82, 2.24) is 0 Å². The van der Waals surface area contributed by atoms with E-state index in [9.17, 15) is 14.7 Å². The third kappa shape index (κ3) is 1.92. The van der Waals surface area contributed by atoms with Crippen molar-refractivity contribution in [3.63, 3.8) is 0 Å². The quantitative estimate of drug-likeness (QED) is 0.775. The predicted molar refractivity (Wildman–Crippen MR) is 90.8 cm³/mol. The molecule has 24 heavy (non-hydrogen) atoms. The van der Waals surface area contributed by atoms with Crippen molar-refractivity contribution < 1.29 is 14.7 Å². The Labute approximate surface area is 143 Å². The average molecular weight is 331 g/mol. The number of carbonyl (C=O) groups excluding carboxylic acids is 2. The molecule has 4 nitrogen and oxygen atoms in total. The monoisotopic (exact) mass is 331 g/mol. The van der Waals surface area contributed by atoms with Gasteiger partial charge in [-0.05, 0) is 61.7 Å². The summed E-state index contributed by atoms with van der Waals surface area (Å²) < 4.78 is 0. The summed E-state index contributed by atoms with van der Waals surface area (Å²) in [4.78, 5) is 25.8. The van der Waals surface area contributed by atoms with Gasteiger partial charge in [0.2, 0.25) is 0 Å². The van der Waals surface area contributed by atoms with Crippen LogP contribution in [0.25, 0.3) is 0 Å². The van der Waals surface area contributed by atoms with E-state index in [1.165, 1.54) is 0 Å². The Balaban J connectivity index is 1.77. The fraction of sp³-hybridized carbons (Fsp3) is 0.850. The summed E-state index contributed by atoms with van der Waals surface area (Å²) in [5.74, 6) is 0.761. The average Bonchev–Trinajstić information content (AvgIpc) is 2.85. The van der Waals surface area contributed by atoms with Gasteiger partial charge in [0.1, 0.15) is 11.6 Å². The van der Waals surface area contributed by atoms with Gasteiger partial charge in [-0.1, -0.05) is 13.8 Å². The van der Waals surface area contributed by atoms with Crippen LogP contribution in [0.2, 0.25) is 0 Å². The minimum absolute atomic E-state index is 0.0312. The first-order valence-corrected chi connectivity index (χ1v) is 9.57. The van der Waals surface area contributed by atoms with Crippen LogP contribution in [0.1, 0.15) is 58.8 Å². The second-order valence-electron chi connectivity index (χ2n) is 9.27. The van der Waals surface area contributed by atoms with Gasteiger partial charge >= 0.3 is 0 Å². The molecule has 4 saturated carbocycles. The fourth-order valence-corrected chi connectivity index (χ4v) is 6.98. The topological polar surface area (TPSA) is 78.2 Å². The van der Waals surface area contributed by atoms with Crippen molar-refractivity contribution in [3.8, 4) is 0 Å². The van der Waals surface area contributed by atoms with E-state index in [2.05, 4.69) is 13.8 Å². The highest BCUT2D eigenvalue weighted by atomic mass is 16.3. The number of aliphatic hydroxyl groups is 1. The predicted octanol–water partition coefficient (Wildman–Crippen LogP) is 3.02. The second-order valence-corrected chi connectivity index (χ2v) is 9.27. The van der Waals surface area contributed by atoms with E-state index >= 15 is 0 Å². The van der Waals surface area contributed by atoms with E-state index in [-0.39, 0.29) is 46.9 Å². The lowest BCUT2D eigenvalue weighted by atomic mass is 9.43. The van der Waals surface area contributed by atoms with Gasteiger partial charge in [-0.3, -0.25) is 9.59 Å². The molecule has 0 aromatic heterocycles. The third-order valence-corrected chi connectivity index (χ3v) is 8.48. The maximum Gasteiger partial charge on any atom is 0.142 e. The molecule has 2 N–H and O–H groups in total. The molecular weight excluding hydrogens is 302 g/mol. The summed E-state index contributed by atoms with van der Waals surface area (Å²) in [5, 5.41) is 18.1. The van der Waals surface area contributed by atoms with E-state index < -0.39 is 0 Å². The third-order valence-electron chi connectivity index (χ3n) is 8.48. The van der Waals surface area contributed by atoms with Crippen LogP contribution in [0.5, 0.6) is 0 Å². The lowest BCUT2D eigenvalue weighted by Gasteiger charge is -2.60. The van der Waals surface area contributed by atoms with Crippen LogP contribution in [0.15, 0.2) is 0 Å². The number of ketones is 2. The van der Waals surface area contributed by atoms with Crippen molar-refractivity contribution >= 4 is 17.3 Å². The smallest absolute Gasteiger partial charge is 0.142 e. The Kier molecular flexibility index (Phi) is 3.58. The van der Waals surface area contributed by atoms with Crippen LogP contribution >= 0.6 is 0 Å². The fourth-order valence-electron chi connectivity index (χ4n) is 6.98. The Morgan fingerprint density at radius 1 is 1.08 bits per heavy atom. The minimum Gasteiger partial charge on any atom is -0.396 e. The van der Waals surface area contributed by atoms with Crippen molar-refractivity contribution in [2.75, 3.05) is 6.61 Å². The number of Topliss-reactive ketones (excluding diaryl/α,β-unsaturated/α-hetero) is 2. The highest BCUT2D eigenvalue weighted by Gasteiger charge is 2.64. The lowest BCUT2D eigenvalue weighted by molar-refractivity contribution is -0.165. The van der Waals surface area contributed by atoms with Crippen LogP contribution < -0.4 is 0 Å². The van der Waals surface area contributed by atoms with E-state index in [0.717, 1.165) is 37.8 Å².